The molecule has 5 rings (SSSR count). The van der Waals surface area contributed by atoms with Gasteiger partial charge in [0.15, 0.2) is 0 Å². The molecule has 3 aliphatic rings. The van der Waals surface area contributed by atoms with E-state index >= 15 is 0 Å². The second kappa shape index (κ2) is 9.56. The molecule has 11 nitrogen and oxygen atoms in total. The molecule has 2 fully saturated rings. The first kappa shape index (κ1) is 24.8. The zero-order valence-electron chi connectivity index (χ0n) is 21.3. The van der Waals surface area contributed by atoms with Crippen LogP contribution in [0, 0.1) is 0 Å². The number of amides is 2. The van der Waals surface area contributed by atoms with Crippen molar-refractivity contribution in [2.75, 3.05) is 33.2 Å². The van der Waals surface area contributed by atoms with Crippen LogP contribution in [0.15, 0.2) is 18.2 Å². The van der Waals surface area contributed by atoms with E-state index in [1.54, 1.807) is 11.1 Å². The second-order valence-corrected chi connectivity index (χ2v) is 10.7. The maximum Gasteiger partial charge on any atom is 0.272 e. The SMILES string of the molecule is CNCc1nn(-c2ccc(C(N)=O)c(CN3CCN(O)CC3)c2)c2c1C(=O)N(NC1CC1)C(C)(C)C2. The van der Waals surface area contributed by atoms with Crippen LogP contribution in [-0.2, 0) is 19.5 Å². The number of nitrogens with one attached hydrogen (secondary N) is 2. The molecular weight excluding hydrogens is 460 g/mol. The lowest BCUT2D eigenvalue weighted by molar-refractivity contribution is -0.118. The highest BCUT2D eigenvalue weighted by molar-refractivity contribution is 5.98. The topological polar surface area (TPSA) is 132 Å². The van der Waals surface area contributed by atoms with Gasteiger partial charge in [-0.1, -0.05) is 0 Å². The van der Waals surface area contributed by atoms with Crippen LogP contribution in [0.2, 0.25) is 0 Å². The summed E-state index contributed by atoms with van der Waals surface area (Å²) in [6.45, 7) is 7.63. The Morgan fingerprint density at radius 2 is 1.94 bits per heavy atom. The van der Waals surface area contributed by atoms with E-state index in [0.29, 0.717) is 68.6 Å². The second-order valence-electron chi connectivity index (χ2n) is 10.7. The van der Waals surface area contributed by atoms with Gasteiger partial charge in [-0.3, -0.25) is 19.5 Å². The molecule has 2 amide bonds. The van der Waals surface area contributed by atoms with Gasteiger partial charge in [0.25, 0.3) is 5.91 Å². The molecule has 2 aromatic rings. The molecule has 0 spiro atoms. The van der Waals surface area contributed by atoms with Crippen LogP contribution in [0.1, 0.15) is 64.4 Å². The van der Waals surface area contributed by atoms with Crippen molar-refractivity contribution in [1.29, 1.82) is 0 Å². The van der Waals surface area contributed by atoms with E-state index in [-0.39, 0.29) is 5.91 Å². The van der Waals surface area contributed by atoms with Crippen molar-refractivity contribution >= 4 is 11.8 Å². The fourth-order valence-corrected chi connectivity index (χ4v) is 5.14. The summed E-state index contributed by atoms with van der Waals surface area (Å²) in [6.07, 6.45) is 2.80. The van der Waals surface area contributed by atoms with Crippen molar-refractivity contribution < 1.29 is 14.8 Å². The molecule has 5 N–H and O–H groups in total. The van der Waals surface area contributed by atoms with E-state index in [0.717, 1.165) is 29.8 Å². The van der Waals surface area contributed by atoms with E-state index in [1.165, 1.54) is 5.06 Å². The van der Waals surface area contributed by atoms with Gasteiger partial charge >= 0.3 is 0 Å². The quantitative estimate of drug-likeness (QED) is 0.419. The number of fused-ring (bicyclic) bond motifs is 1. The number of piperazine rings is 1. The smallest absolute Gasteiger partial charge is 0.272 e. The first-order valence-electron chi connectivity index (χ1n) is 12.6. The third kappa shape index (κ3) is 4.76. The average molecular weight is 497 g/mol. The normalized spacial score (nSPS) is 20.6. The maximum absolute atomic E-state index is 13.7. The minimum absolute atomic E-state index is 0.0551. The Morgan fingerprint density at radius 1 is 1.22 bits per heavy atom. The molecular formula is C25H36N8O3. The molecule has 0 bridgehead atoms. The first-order valence-corrected chi connectivity index (χ1v) is 12.6. The number of hydrogen-bond acceptors (Lipinski definition) is 8. The minimum Gasteiger partial charge on any atom is -0.366 e. The van der Waals surface area contributed by atoms with Crippen LogP contribution >= 0.6 is 0 Å². The Bertz CT molecular complexity index is 1160. The van der Waals surface area contributed by atoms with Crippen LogP contribution < -0.4 is 16.5 Å². The van der Waals surface area contributed by atoms with Crippen molar-refractivity contribution in [2.24, 2.45) is 5.73 Å². The van der Waals surface area contributed by atoms with E-state index in [1.807, 2.05) is 23.9 Å². The van der Waals surface area contributed by atoms with Gasteiger partial charge in [0.05, 0.1) is 28.2 Å². The summed E-state index contributed by atoms with van der Waals surface area (Å²) in [4.78, 5) is 28.1. The van der Waals surface area contributed by atoms with E-state index < -0.39 is 11.4 Å². The average Bonchev–Trinajstić information content (AvgIpc) is 3.58. The number of carbonyl (C=O) groups excluding carboxylic acids is 2. The van der Waals surface area contributed by atoms with E-state index in [2.05, 4.69) is 29.5 Å². The lowest BCUT2D eigenvalue weighted by Crippen LogP contribution is -2.60. The molecule has 1 aromatic heterocycles. The lowest BCUT2D eigenvalue weighted by atomic mass is 9.89. The van der Waals surface area contributed by atoms with Crippen molar-refractivity contribution in [3.63, 3.8) is 0 Å². The van der Waals surface area contributed by atoms with Crippen LogP contribution in [0.5, 0.6) is 0 Å². The molecule has 1 saturated carbocycles. The van der Waals surface area contributed by atoms with Crippen LogP contribution in [0.25, 0.3) is 5.69 Å². The summed E-state index contributed by atoms with van der Waals surface area (Å²) in [7, 11) is 1.84. The summed E-state index contributed by atoms with van der Waals surface area (Å²) in [6, 6.07) is 5.90. The summed E-state index contributed by atoms with van der Waals surface area (Å²) in [5, 5.41) is 20.8. The number of nitrogens with two attached hydrogens (primary N) is 1. The van der Waals surface area contributed by atoms with Gasteiger partial charge < -0.3 is 16.3 Å². The first-order chi connectivity index (χ1) is 17.2. The van der Waals surface area contributed by atoms with Gasteiger partial charge in [0.1, 0.15) is 0 Å². The highest BCUT2D eigenvalue weighted by Gasteiger charge is 2.44. The van der Waals surface area contributed by atoms with Crippen LogP contribution in [-0.4, -0.2) is 86.6 Å². The number of hydrogen-bond donors (Lipinski definition) is 4. The number of hydroxylamine groups is 2. The molecule has 1 aliphatic carbocycles. The number of nitrogens with zero attached hydrogens (tertiary/aromatic N) is 5. The number of rotatable bonds is 8. The molecule has 194 valence electrons. The molecule has 3 heterocycles. The van der Waals surface area contributed by atoms with Crippen molar-refractivity contribution in [3.8, 4) is 5.69 Å². The highest BCUT2D eigenvalue weighted by Crippen LogP contribution is 2.35. The zero-order chi connectivity index (χ0) is 25.6. The van der Waals surface area contributed by atoms with Gasteiger partial charge in [0, 0.05) is 57.3 Å². The summed E-state index contributed by atoms with van der Waals surface area (Å²) < 4.78 is 1.86. The summed E-state index contributed by atoms with van der Waals surface area (Å²) in [5.41, 5.74) is 13.0. The third-order valence-corrected chi connectivity index (χ3v) is 7.25. The third-order valence-electron chi connectivity index (χ3n) is 7.25. The molecule has 36 heavy (non-hydrogen) atoms. The zero-order valence-corrected chi connectivity index (χ0v) is 21.3. The maximum atomic E-state index is 13.7. The number of carbonyl (C=O) groups is 2. The van der Waals surface area contributed by atoms with Gasteiger partial charge in [-0.2, -0.15) is 10.2 Å². The molecule has 2 aliphatic heterocycles. The van der Waals surface area contributed by atoms with Crippen molar-refractivity contribution in [1.82, 2.24) is 35.5 Å². The Labute approximate surface area is 211 Å². The number of benzene rings is 1. The van der Waals surface area contributed by atoms with Crippen LogP contribution in [0.4, 0.5) is 0 Å². The number of aromatic nitrogens is 2. The molecule has 0 radical (unpaired) electrons. The Hall–Kier alpha value is -2.83. The molecule has 1 saturated heterocycles. The fraction of sp³-hybridized carbons (Fsp3) is 0.560. The lowest BCUT2D eigenvalue weighted by Gasteiger charge is -2.42. The Morgan fingerprint density at radius 3 is 2.58 bits per heavy atom. The predicted molar refractivity (Wildman–Crippen MR) is 134 cm³/mol. The molecule has 0 atom stereocenters. The van der Waals surface area contributed by atoms with Gasteiger partial charge in [-0.05, 0) is 57.5 Å². The fourth-order valence-electron chi connectivity index (χ4n) is 5.14. The standard InChI is InChI=1S/C25H36N8O3/c1-25(2)13-21-22(24(35)33(25)28-17-4-5-17)20(14-27-3)29-32(21)18-6-7-19(23(26)34)16(12-18)15-30-8-10-31(36)11-9-30/h6-7,12,17,27-28,36H,4-5,8-11,13-15H2,1-3H3,(H2,26,34). The highest BCUT2D eigenvalue weighted by atomic mass is 16.5. The molecule has 0 unspecified atom stereocenters. The Balaban J connectivity index is 1.54. The van der Waals surface area contributed by atoms with Gasteiger partial charge in [0.2, 0.25) is 5.91 Å². The van der Waals surface area contributed by atoms with Gasteiger partial charge in [-0.25, -0.2) is 10.1 Å². The van der Waals surface area contributed by atoms with E-state index in [9.17, 15) is 14.8 Å². The number of primary amides is 1. The summed E-state index contributed by atoms with van der Waals surface area (Å²) in [5.74, 6) is -0.533. The largest absolute Gasteiger partial charge is 0.366 e. The van der Waals surface area contributed by atoms with E-state index in [4.69, 9.17) is 10.8 Å². The monoisotopic (exact) mass is 496 g/mol. The summed E-state index contributed by atoms with van der Waals surface area (Å²) >= 11 is 0. The number of hydrazine groups is 1. The van der Waals surface area contributed by atoms with Crippen LogP contribution in [0.3, 0.4) is 0 Å². The molecule has 1 aromatic carbocycles. The van der Waals surface area contributed by atoms with Crippen molar-refractivity contribution in [2.45, 2.75) is 57.8 Å². The minimum atomic E-state index is -0.478. The van der Waals surface area contributed by atoms with Gasteiger partial charge in [-0.15, -0.1) is 0 Å². The van der Waals surface area contributed by atoms with Crippen molar-refractivity contribution in [3.05, 3.63) is 46.3 Å². The Kier molecular flexibility index (Phi) is 6.60. The predicted octanol–water partition coefficient (Wildman–Crippen LogP) is 0.641. The molecule has 11 heteroatoms.